The van der Waals surface area contributed by atoms with E-state index in [2.05, 4.69) is 0 Å². The van der Waals surface area contributed by atoms with Crippen LogP contribution in [0.5, 0.6) is 0 Å². The van der Waals surface area contributed by atoms with Gasteiger partial charge in [0.15, 0.2) is 9.84 Å². The van der Waals surface area contributed by atoms with Gasteiger partial charge in [0.25, 0.3) is 0 Å². The second kappa shape index (κ2) is 6.53. The zero-order chi connectivity index (χ0) is 15.5. The van der Waals surface area contributed by atoms with Gasteiger partial charge in [-0.25, -0.2) is 8.42 Å². The van der Waals surface area contributed by atoms with Crippen molar-refractivity contribution in [2.24, 2.45) is 5.73 Å². The molecule has 1 amide bonds. The molecule has 114 valence electrons. The highest BCUT2D eigenvalue weighted by atomic mass is 32.2. The van der Waals surface area contributed by atoms with Crippen molar-refractivity contribution in [3.63, 3.8) is 0 Å². The molecule has 0 bridgehead atoms. The van der Waals surface area contributed by atoms with Crippen LogP contribution in [-0.2, 0) is 14.6 Å². The Hall–Kier alpha value is -1.47. The Morgan fingerprint density at radius 1 is 1.24 bits per heavy atom. The van der Waals surface area contributed by atoms with Crippen molar-refractivity contribution in [2.45, 2.75) is 24.2 Å². The van der Waals surface area contributed by atoms with Crippen molar-refractivity contribution in [3.05, 3.63) is 29.8 Å². The van der Waals surface area contributed by atoms with Gasteiger partial charge in [0.1, 0.15) is 4.99 Å². The van der Waals surface area contributed by atoms with E-state index in [9.17, 15) is 13.2 Å². The zero-order valence-corrected chi connectivity index (χ0v) is 13.3. The number of carbonyl (C=O) groups excluding carboxylic acids is 1. The molecular weight excluding hydrogens is 308 g/mol. The number of hydrogen-bond donors (Lipinski definition) is 1. The number of rotatable bonds is 5. The summed E-state index contributed by atoms with van der Waals surface area (Å²) in [5.74, 6) is -0.0224. The monoisotopic (exact) mass is 326 g/mol. The Morgan fingerprint density at radius 2 is 1.90 bits per heavy atom. The van der Waals surface area contributed by atoms with Gasteiger partial charge in [0.2, 0.25) is 5.91 Å². The summed E-state index contributed by atoms with van der Waals surface area (Å²) in [6.07, 6.45) is 2.35. The van der Waals surface area contributed by atoms with Crippen LogP contribution in [0.15, 0.2) is 29.2 Å². The summed E-state index contributed by atoms with van der Waals surface area (Å²) in [6, 6.07) is 6.20. The van der Waals surface area contributed by atoms with Gasteiger partial charge in [-0.15, -0.1) is 0 Å². The highest BCUT2D eigenvalue weighted by Gasteiger charge is 2.21. The third-order valence-corrected chi connectivity index (χ3v) is 5.50. The third-order valence-electron chi connectivity index (χ3n) is 3.55. The second-order valence-corrected chi connectivity index (χ2v) is 7.59. The van der Waals surface area contributed by atoms with E-state index in [-0.39, 0.29) is 28.1 Å². The maximum Gasteiger partial charge on any atom is 0.222 e. The number of nitrogens with zero attached hydrogens (tertiary/aromatic N) is 1. The number of sulfone groups is 1. The summed E-state index contributed by atoms with van der Waals surface area (Å²) in [4.78, 5) is 13.8. The van der Waals surface area contributed by atoms with Gasteiger partial charge in [-0.2, -0.15) is 0 Å². The molecule has 5 nitrogen and oxygen atoms in total. The van der Waals surface area contributed by atoms with Gasteiger partial charge in [-0.05, 0) is 25.0 Å². The predicted octanol–water partition coefficient (Wildman–Crippen LogP) is 1.11. The number of likely N-dealkylation sites (tertiary alicyclic amines) is 1. The lowest BCUT2D eigenvalue weighted by Crippen LogP contribution is -2.38. The van der Waals surface area contributed by atoms with E-state index >= 15 is 0 Å². The number of thiocarbonyl (C=S) groups is 1. The number of hydrogen-bond acceptors (Lipinski definition) is 4. The second-order valence-electron chi connectivity index (χ2n) is 5.05. The SMILES string of the molecule is NC(=S)c1ccc(S(=O)(=O)CCN2CCCCC2=O)cc1. The average Bonchev–Trinajstić information content (AvgIpc) is 2.46. The quantitative estimate of drug-likeness (QED) is 0.820. The van der Waals surface area contributed by atoms with Crippen molar-refractivity contribution >= 4 is 33.0 Å². The minimum Gasteiger partial charge on any atom is -0.389 e. The van der Waals surface area contributed by atoms with Crippen LogP contribution < -0.4 is 5.73 Å². The highest BCUT2D eigenvalue weighted by molar-refractivity contribution is 7.91. The standard InChI is InChI=1S/C14H18N2O3S2/c15-14(20)11-4-6-12(7-5-11)21(18,19)10-9-16-8-2-1-3-13(16)17/h4-7H,1-3,8-10H2,(H2,15,20). The number of amides is 1. The van der Waals surface area contributed by atoms with Crippen molar-refractivity contribution in [3.8, 4) is 0 Å². The van der Waals surface area contributed by atoms with Crippen LogP contribution in [-0.4, -0.2) is 43.1 Å². The molecule has 7 heteroatoms. The summed E-state index contributed by atoms with van der Waals surface area (Å²) >= 11 is 4.83. The summed E-state index contributed by atoms with van der Waals surface area (Å²) < 4.78 is 24.5. The van der Waals surface area contributed by atoms with Gasteiger partial charge in [0.05, 0.1) is 10.6 Å². The first kappa shape index (κ1) is 15.9. The molecule has 1 fully saturated rings. The molecule has 1 heterocycles. The van der Waals surface area contributed by atoms with Crippen LogP contribution in [0.1, 0.15) is 24.8 Å². The van der Waals surface area contributed by atoms with Gasteiger partial charge in [-0.3, -0.25) is 4.79 Å². The highest BCUT2D eigenvalue weighted by Crippen LogP contribution is 2.15. The van der Waals surface area contributed by atoms with Crippen molar-refractivity contribution in [2.75, 3.05) is 18.8 Å². The fourth-order valence-corrected chi connectivity index (χ4v) is 3.66. The Morgan fingerprint density at radius 3 is 2.48 bits per heavy atom. The molecule has 1 aliphatic heterocycles. The number of benzene rings is 1. The first-order valence-electron chi connectivity index (χ1n) is 6.80. The summed E-state index contributed by atoms with van der Waals surface area (Å²) in [7, 11) is -3.40. The average molecular weight is 326 g/mol. The molecule has 21 heavy (non-hydrogen) atoms. The molecule has 0 atom stereocenters. The number of nitrogens with two attached hydrogens (primary N) is 1. The van der Waals surface area contributed by atoms with Crippen LogP contribution in [0.3, 0.4) is 0 Å². The zero-order valence-electron chi connectivity index (χ0n) is 11.6. The van der Waals surface area contributed by atoms with E-state index in [1.165, 1.54) is 12.1 Å². The van der Waals surface area contributed by atoms with Crippen LogP contribution in [0.2, 0.25) is 0 Å². The minimum atomic E-state index is -3.40. The minimum absolute atomic E-state index is 0.0419. The molecule has 1 aromatic carbocycles. The Bertz CT molecular complexity index is 639. The van der Waals surface area contributed by atoms with E-state index < -0.39 is 9.84 Å². The molecule has 0 spiro atoms. The van der Waals surface area contributed by atoms with Crippen molar-refractivity contribution in [1.29, 1.82) is 0 Å². The van der Waals surface area contributed by atoms with E-state index in [1.807, 2.05) is 0 Å². The summed E-state index contributed by atoms with van der Waals surface area (Å²) in [5, 5.41) is 0. The predicted molar refractivity (Wildman–Crippen MR) is 84.8 cm³/mol. The lowest BCUT2D eigenvalue weighted by Gasteiger charge is -2.26. The molecule has 2 N–H and O–H groups in total. The molecule has 0 aromatic heterocycles. The van der Waals surface area contributed by atoms with Gasteiger partial charge < -0.3 is 10.6 Å². The van der Waals surface area contributed by atoms with Gasteiger partial charge in [0, 0.05) is 25.1 Å². The van der Waals surface area contributed by atoms with E-state index in [0.717, 1.165) is 12.8 Å². The van der Waals surface area contributed by atoms with Crippen LogP contribution in [0.25, 0.3) is 0 Å². The maximum atomic E-state index is 12.3. The lowest BCUT2D eigenvalue weighted by atomic mass is 10.1. The summed E-state index contributed by atoms with van der Waals surface area (Å²) in [5.41, 5.74) is 6.12. The smallest absolute Gasteiger partial charge is 0.222 e. The Balaban J connectivity index is 2.04. The van der Waals surface area contributed by atoms with E-state index in [1.54, 1.807) is 17.0 Å². The van der Waals surface area contributed by atoms with E-state index in [4.69, 9.17) is 18.0 Å². The maximum absolute atomic E-state index is 12.3. The van der Waals surface area contributed by atoms with Crippen LogP contribution >= 0.6 is 12.2 Å². The van der Waals surface area contributed by atoms with Crippen molar-refractivity contribution in [1.82, 2.24) is 4.90 Å². The number of carbonyl (C=O) groups is 1. The first-order valence-corrected chi connectivity index (χ1v) is 8.86. The molecular formula is C14H18N2O3S2. The Labute approximate surface area is 130 Å². The molecule has 0 radical (unpaired) electrons. The molecule has 0 aliphatic carbocycles. The molecule has 0 unspecified atom stereocenters. The largest absolute Gasteiger partial charge is 0.389 e. The normalized spacial score (nSPS) is 16.0. The number of piperidine rings is 1. The van der Waals surface area contributed by atoms with E-state index in [0.29, 0.717) is 18.5 Å². The topological polar surface area (TPSA) is 80.5 Å². The molecule has 0 saturated carbocycles. The van der Waals surface area contributed by atoms with Crippen LogP contribution in [0.4, 0.5) is 0 Å². The fourth-order valence-electron chi connectivity index (χ4n) is 2.27. The Kier molecular flexibility index (Phi) is 4.95. The lowest BCUT2D eigenvalue weighted by molar-refractivity contribution is -0.132. The fraction of sp³-hybridized carbons (Fsp3) is 0.429. The third kappa shape index (κ3) is 4.01. The van der Waals surface area contributed by atoms with Gasteiger partial charge >= 0.3 is 0 Å². The molecule has 1 saturated heterocycles. The first-order chi connectivity index (χ1) is 9.90. The summed E-state index contributed by atoms with van der Waals surface area (Å²) in [6.45, 7) is 0.896. The molecule has 2 rings (SSSR count). The molecule has 1 aliphatic rings. The van der Waals surface area contributed by atoms with Gasteiger partial charge in [-0.1, -0.05) is 24.4 Å². The molecule has 1 aromatic rings. The van der Waals surface area contributed by atoms with Crippen LogP contribution in [0, 0.1) is 0 Å². The van der Waals surface area contributed by atoms with Crippen molar-refractivity contribution < 1.29 is 13.2 Å².